The number of aryl methyl sites for hydroxylation is 2. The van der Waals surface area contributed by atoms with E-state index in [0.29, 0.717) is 5.82 Å². The zero-order chi connectivity index (χ0) is 12.1. The third-order valence-corrected chi connectivity index (χ3v) is 4.52. The molecular formula is C12H9N5S. The van der Waals surface area contributed by atoms with Crippen molar-refractivity contribution < 1.29 is 0 Å². The average Bonchev–Trinajstić information content (AvgIpc) is 2.99. The average molecular weight is 255 g/mol. The van der Waals surface area contributed by atoms with E-state index in [0.717, 1.165) is 28.7 Å². The Balaban J connectivity index is 2.10. The van der Waals surface area contributed by atoms with Crippen LogP contribution < -0.4 is 0 Å². The molecule has 18 heavy (non-hydrogen) atoms. The molecule has 0 spiro atoms. The summed E-state index contributed by atoms with van der Waals surface area (Å²) in [5, 5.41) is 14.1. The smallest absolute Gasteiger partial charge is 0.168 e. The van der Waals surface area contributed by atoms with Crippen LogP contribution in [0.15, 0.2) is 6.33 Å². The third kappa shape index (κ3) is 1.22. The van der Waals surface area contributed by atoms with Gasteiger partial charge in [0.1, 0.15) is 11.2 Å². The van der Waals surface area contributed by atoms with Crippen molar-refractivity contribution in [1.29, 1.82) is 5.26 Å². The van der Waals surface area contributed by atoms with E-state index in [9.17, 15) is 0 Å². The molecule has 0 bridgehead atoms. The van der Waals surface area contributed by atoms with Gasteiger partial charge in [0.15, 0.2) is 11.5 Å². The van der Waals surface area contributed by atoms with Crippen LogP contribution in [0.1, 0.15) is 22.7 Å². The van der Waals surface area contributed by atoms with E-state index in [2.05, 4.69) is 21.1 Å². The second kappa shape index (κ2) is 3.50. The number of nitrogens with zero attached hydrogens (tertiary/aromatic N) is 5. The Morgan fingerprint density at radius 1 is 1.44 bits per heavy atom. The molecule has 0 radical (unpaired) electrons. The van der Waals surface area contributed by atoms with Gasteiger partial charge in [0.05, 0.1) is 17.9 Å². The Hall–Kier alpha value is -2.00. The van der Waals surface area contributed by atoms with Gasteiger partial charge in [-0.15, -0.1) is 16.4 Å². The van der Waals surface area contributed by atoms with Gasteiger partial charge >= 0.3 is 0 Å². The molecule has 3 aromatic rings. The van der Waals surface area contributed by atoms with Gasteiger partial charge in [-0.1, -0.05) is 0 Å². The highest BCUT2D eigenvalue weighted by Gasteiger charge is 2.21. The summed E-state index contributed by atoms with van der Waals surface area (Å²) in [6, 6.07) is 2.08. The molecule has 4 rings (SSSR count). The molecule has 0 saturated carbocycles. The largest absolute Gasteiger partial charge is 0.225 e. The number of aromatic nitrogens is 4. The van der Waals surface area contributed by atoms with Gasteiger partial charge in [0.2, 0.25) is 0 Å². The first-order valence-corrected chi connectivity index (χ1v) is 6.70. The number of rotatable bonds is 1. The molecule has 1 aliphatic rings. The van der Waals surface area contributed by atoms with Crippen LogP contribution in [0, 0.1) is 11.3 Å². The van der Waals surface area contributed by atoms with Gasteiger partial charge in [0.25, 0.3) is 0 Å². The molecular weight excluding hydrogens is 246 g/mol. The minimum Gasteiger partial charge on any atom is -0.225 e. The lowest BCUT2D eigenvalue weighted by atomic mass is 10.2. The van der Waals surface area contributed by atoms with Gasteiger partial charge in [0, 0.05) is 4.88 Å². The van der Waals surface area contributed by atoms with Crippen LogP contribution in [0.5, 0.6) is 0 Å². The number of hydrogen-bond acceptors (Lipinski definition) is 5. The van der Waals surface area contributed by atoms with Crippen molar-refractivity contribution >= 4 is 27.2 Å². The van der Waals surface area contributed by atoms with Gasteiger partial charge in [-0.3, -0.25) is 0 Å². The van der Waals surface area contributed by atoms with Crippen molar-refractivity contribution in [2.75, 3.05) is 0 Å². The van der Waals surface area contributed by atoms with Crippen molar-refractivity contribution in [2.45, 2.75) is 25.7 Å². The predicted molar refractivity (Wildman–Crippen MR) is 67.5 cm³/mol. The highest BCUT2D eigenvalue weighted by molar-refractivity contribution is 7.19. The fraction of sp³-hybridized carbons (Fsp3) is 0.333. The zero-order valence-corrected chi connectivity index (χ0v) is 10.4. The normalized spacial score (nSPS) is 14.2. The monoisotopic (exact) mass is 255 g/mol. The summed E-state index contributed by atoms with van der Waals surface area (Å²) in [5.74, 6) is 0.574. The Morgan fingerprint density at radius 2 is 2.39 bits per heavy atom. The highest BCUT2D eigenvalue weighted by atomic mass is 32.1. The Bertz CT molecular complexity index is 807. The summed E-state index contributed by atoms with van der Waals surface area (Å²) in [6.45, 7) is 0. The number of thiophene rings is 1. The molecule has 0 fully saturated rings. The molecule has 0 atom stereocenters. The van der Waals surface area contributed by atoms with Crippen LogP contribution >= 0.6 is 11.3 Å². The number of hydrogen-bond donors (Lipinski definition) is 0. The summed E-state index contributed by atoms with van der Waals surface area (Å²) in [7, 11) is 0. The predicted octanol–water partition coefficient (Wildman–Crippen LogP) is 1.89. The van der Waals surface area contributed by atoms with E-state index >= 15 is 0 Å². The molecule has 5 nitrogen and oxygen atoms in total. The van der Waals surface area contributed by atoms with Gasteiger partial charge in [-0.05, 0) is 24.8 Å². The minimum absolute atomic E-state index is 0.246. The second-order valence-electron chi connectivity index (χ2n) is 4.41. The van der Waals surface area contributed by atoms with Crippen LogP contribution in [0.25, 0.3) is 15.9 Å². The van der Waals surface area contributed by atoms with E-state index in [1.54, 1.807) is 22.2 Å². The summed E-state index contributed by atoms with van der Waals surface area (Å²) in [6.07, 6.45) is 5.42. The van der Waals surface area contributed by atoms with Crippen molar-refractivity contribution in [1.82, 2.24) is 19.6 Å². The van der Waals surface area contributed by atoms with Crippen molar-refractivity contribution in [3.8, 4) is 6.07 Å². The van der Waals surface area contributed by atoms with E-state index < -0.39 is 0 Å². The topological polar surface area (TPSA) is 66.9 Å². The lowest BCUT2D eigenvalue weighted by molar-refractivity contribution is 0.891. The summed E-state index contributed by atoms with van der Waals surface area (Å²) >= 11 is 1.77. The lowest BCUT2D eigenvalue weighted by Gasteiger charge is -1.95. The van der Waals surface area contributed by atoms with E-state index in [1.807, 2.05) is 0 Å². The van der Waals surface area contributed by atoms with Crippen molar-refractivity contribution in [3.05, 3.63) is 22.6 Å². The lowest BCUT2D eigenvalue weighted by Crippen LogP contribution is -1.91. The standard InChI is InChI=1S/C12H9N5S/c13-5-4-9-15-11-10-7-2-1-3-8(7)18-12(10)14-6-17(11)16-9/h6H,1-4H2. The van der Waals surface area contributed by atoms with Crippen LogP contribution in [-0.2, 0) is 19.3 Å². The summed E-state index contributed by atoms with van der Waals surface area (Å²) < 4.78 is 1.69. The molecule has 88 valence electrons. The Labute approximate surface area is 107 Å². The SMILES string of the molecule is N#CCc1nc2c3c4c(sc3ncn2n1)CCC4. The maximum Gasteiger partial charge on any atom is 0.168 e. The molecule has 1 aliphatic carbocycles. The van der Waals surface area contributed by atoms with Gasteiger partial charge < -0.3 is 0 Å². The van der Waals surface area contributed by atoms with E-state index in [1.165, 1.54) is 16.9 Å². The van der Waals surface area contributed by atoms with Crippen LogP contribution in [-0.4, -0.2) is 19.6 Å². The summed E-state index contributed by atoms with van der Waals surface area (Å²) in [5.41, 5.74) is 2.24. The number of nitriles is 1. The Morgan fingerprint density at radius 3 is 3.28 bits per heavy atom. The maximum absolute atomic E-state index is 8.72. The van der Waals surface area contributed by atoms with Gasteiger partial charge in [-0.2, -0.15) is 5.26 Å². The summed E-state index contributed by atoms with van der Waals surface area (Å²) in [4.78, 5) is 11.4. The first-order valence-electron chi connectivity index (χ1n) is 5.88. The first-order chi connectivity index (χ1) is 8.86. The minimum atomic E-state index is 0.246. The first kappa shape index (κ1) is 9.97. The van der Waals surface area contributed by atoms with Crippen LogP contribution in [0.3, 0.4) is 0 Å². The molecule has 0 aromatic carbocycles. The molecule has 0 saturated heterocycles. The maximum atomic E-state index is 8.72. The number of fused-ring (bicyclic) bond motifs is 5. The van der Waals surface area contributed by atoms with Gasteiger partial charge in [-0.25, -0.2) is 14.5 Å². The molecule has 0 N–H and O–H groups in total. The van der Waals surface area contributed by atoms with E-state index in [4.69, 9.17) is 5.26 Å². The quantitative estimate of drug-likeness (QED) is 0.666. The van der Waals surface area contributed by atoms with Crippen molar-refractivity contribution in [2.24, 2.45) is 0 Å². The molecule has 3 aromatic heterocycles. The molecule has 6 heteroatoms. The fourth-order valence-corrected chi connectivity index (χ4v) is 3.81. The van der Waals surface area contributed by atoms with Crippen LogP contribution in [0.2, 0.25) is 0 Å². The molecule has 0 aliphatic heterocycles. The third-order valence-electron chi connectivity index (χ3n) is 3.32. The van der Waals surface area contributed by atoms with Crippen LogP contribution in [0.4, 0.5) is 0 Å². The Kier molecular flexibility index (Phi) is 1.94. The molecule has 0 unspecified atom stereocenters. The zero-order valence-electron chi connectivity index (χ0n) is 9.55. The molecule has 0 amide bonds. The fourth-order valence-electron chi connectivity index (χ4n) is 2.58. The highest BCUT2D eigenvalue weighted by Crippen LogP contribution is 2.37. The molecule has 3 heterocycles. The van der Waals surface area contributed by atoms with E-state index in [-0.39, 0.29) is 6.42 Å². The van der Waals surface area contributed by atoms with Crippen molar-refractivity contribution in [3.63, 3.8) is 0 Å². The second-order valence-corrected chi connectivity index (χ2v) is 5.50.